The van der Waals surface area contributed by atoms with Gasteiger partial charge >= 0.3 is 0 Å². The Morgan fingerprint density at radius 1 is 1.16 bits per heavy atom. The number of hydrogen-bond donors (Lipinski definition) is 0. The molecule has 0 bridgehead atoms. The van der Waals surface area contributed by atoms with Crippen LogP contribution in [0, 0.1) is 0 Å². The monoisotopic (exact) mass is 381 g/mol. The number of amides is 1. The fourth-order valence-electron chi connectivity index (χ4n) is 2.29. The summed E-state index contributed by atoms with van der Waals surface area (Å²) in [4.78, 5) is 14.4. The van der Waals surface area contributed by atoms with Crippen LogP contribution >= 0.6 is 23.4 Å². The Balaban J connectivity index is 1.93. The van der Waals surface area contributed by atoms with E-state index < -0.39 is 0 Å². The van der Waals surface area contributed by atoms with Gasteiger partial charge in [0, 0.05) is 13.1 Å². The molecule has 0 fully saturated rings. The Hall–Kier alpha value is -1.53. The minimum absolute atomic E-state index is 0.115. The Bertz CT molecular complexity index is 670. The highest BCUT2D eigenvalue weighted by Gasteiger charge is 2.16. The van der Waals surface area contributed by atoms with Crippen molar-refractivity contribution in [3.8, 4) is 11.5 Å². The molecule has 0 atom stereocenters. The summed E-state index contributed by atoms with van der Waals surface area (Å²) in [6.45, 7) is 5.88. The number of rotatable bonds is 10. The fraction of sp³-hybridized carbons (Fsp3) is 0.500. The summed E-state index contributed by atoms with van der Waals surface area (Å²) in [7, 11) is 0. The molecular weight excluding hydrogens is 358 g/mol. The number of hydrogen-bond acceptors (Lipinski definition) is 5. The van der Waals surface area contributed by atoms with Gasteiger partial charge in [0.15, 0.2) is 0 Å². The van der Waals surface area contributed by atoms with Gasteiger partial charge < -0.3 is 9.32 Å². The molecule has 1 heterocycles. The van der Waals surface area contributed by atoms with Crippen molar-refractivity contribution < 1.29 is 9.21 Å². The molecule has 1 amide bonds. The highest BCUT2D eigenvalue weighted by Crippen LogP contribution is 2.28. The molecule has 0 aliphatic rings. The number of benzene rings is 1. The lowest BCUT2D eigenvalue weighted by Gasteiger charge is -2.21. The molecule has 0 unspecified atom stereocenters. The molecule has 0 aliphatic carbocycles. The van der Waals surface area contributed by atoms with Gasteiger partial charge in [-0.05, 0) is 25.0 Å². The topological polar surface area (TPSA) is 59.2 Å². The summed E-state index contributed by atoms with van der Waals surface area (Å²) in [6.07, 6.45) is 4.20. The summed E-state index contributed by atoms with van der Waals surface area (Å²) >= 11 is 7.41. The number of halogens is 1. The number of carbonyl (C=O) groups excluding carboxylic acids is 1. The van der Waals surface area contributed by atoms with Crippen LogP contribution < -0.4 is 0 Å². The molecule has 2 rings (SSSR count). The molecule has 2 aromatic rings. The minimum Gasteiger partial charge on any atom is -0.411 e. The summed E-state index contributed by atoms with van der Waals surface area (Å²) in [5, 5.41) is 8.97. The zero-order valence-electron chi connectivity index (χ0n) is 14.7. The minimum atomic E-state index is 0.115. The van der Waals surface area contributed by atoms with E-state index in [4.69, 9.17) is 16.0 Å². The van der Waals surface area contributed by atoms with Crippen molar-refractivity contribution in [3.63, 3.8) is 0 Å². The second-order valence-corrected chi connectivity index (χ2v) is 7.06. The van der Waals surface area contributed by atoms with Crippen molar-refractivity contribution in [2.24, 2.45) is 0 Å². The summed E-state index contributed by atoms with van der Waals surface area (Å²) < 4.78 is 5.63. The van der Waals surface area contributed by atoms with E-state index in [0.29, 0.717) is 27.5 Å². The number of aromatic nitrogens is 2. The summed E-state index contributed by atoms with van der Waals surface area (Å²) in [6, 6.07) is 7.31. The van der Waals surface area contributed by atoms with Crippen LogP contribution in [-0.2, 0) is 4.79 Å². The van der Waals surface area contributed by atoms with E-state index in [9.17, 15) is 4.79 Å². The molecule has 1 aromatic carbocycles. The molecule has 136 valence electrons. The first-order chi connectivity index (χ1) is 12.2. The molecular formula is C18H24ClN3O2S. The van der Waals surface area contributed by atoms with Crippen molar-refractivity contribution in [3.05, 3.63) is 29.3 Å². The first kappa shape index (κ1) is 19.8. The number of unbranched alkanes of at least 4 members (excludes halogenated alkanes) is 2. The highest BCUT2D eigenvalue weighted by atomic mass is 35.5. The molecule has 0 saturated heterocycles. The first-order valence-corrected chi connectivity index (χ1v) is 10.0. The van der Waals surface area contributed by atoms with Crippen molar-refractivity contribution in [1.82, 2.24) is 15.1 Å². The predicted octanol–water partition coefficient (Wildman–Crippen LogP) is 4.91. The van der Waals surface area contributed by atoms with Crippen molar-refractivity contribution in [2.75, 3.05) is 18.8 Å². The molecule has 0 aliphatic heterocycles. The lowest BCUT2D eigenvalue weighted by Crippen LogP contribution is -2.34. The van der Waals surface area contributed by atoms with Gasteiger partial charge in [-0.25, -0.2) is 0 Å². The zero-order chi connectivity index (χ0) is 18.1. The molecule has 0 saturated carbocycles. The van der Waals surface area contributed by atoms with Crippen molar-refractivity contribution in [1.29, 1.82) is 0 Å². The smallest absolute Gasteiger partial charge is 0.277 e. The lowest BCUT2D eigenvalue weighted by molar-refractivity contribution is -0.128. The van der Waals surface area contributed by atoms with E-state index >= 15 is 0 Å². The quantitative estimate of drug-likeness (QED) is 0.547. The van der Waals surface area contributed by atoms with Gasteiger partial charge in [-0.2, -0.15) is 0 Å². The van der Waals surface area contributed by atoms with Crippen LogP contribution in [0.5, 0.6) is 0 Å². The largest absolute Gasteiger partial charge is 0.411 e. The standard InChI is InChI=1S/C18H24ClN3O2S/c1-3-5-11-22(12-6-4-2)16(23)13-25-18-21-20-17(24-18)14-9-7-8-10-15(14)19/h7-10H,3-6,11-13H2,1-2H3. The number of carbonyl (C=O) groups is 1. The zero-order valence-corrected chi connectivity index (χ0v) is 16.3. The average molecular weight is 382 g/mol. The molecule has 0 radical (unpaired) electrons. The fourth-order valence-corrected chi connectivity index (χ4v) is 3.17. The molecule has 7 heteroatoms. The van der Waals surface area contributed by atoms with Crippen LogP contribution in [0.2, 0.25) is 5.02 Å². The van der Waals surface area contributed by atoms with E-state index in [1.807, 2.05) is 23.1 Å². The average Bonchev–Trinajstić information content (AvgIpc) is 3.09. The Morgan fingerprint density at radius 3 is 2.48 bits per heavy atom. The van der Waals surface area contributed by atoms with Gasteiger partial charge in [-0.3, -0.25) is 4.79 Å². The Morgan fingerprint density at radius 2 is 1.84 bits per heavy atom. The third kappa shape index (κ3) is 6.04. The maximum absolute atomic E-state index is 12.5. The van der Waals surface area contributed by atoms with Gasteiger partial charge in [0.1, 0.15) is 0 Å². The van der Waals surface area contributed by atoms with E-state index in [0.717, 1.165) is 38.8 Å². The SMILES string of the molecule is CCCCN(CCCC)C(=O)CSc1nnc(-c2ccccc2Cl)o1. The Kier molecular flexibility index (Phi) is 8.28. The molecule has 1 aromatic heterocycles. The van der Waals surface area contributed by atoms with Crippen LogP contribution in [0.15, 0.2) is 33.9 Å². The second kappa shape index (κ2) is 10.5. The van der Waals surface area contributed by atoms with Gasteiger partial charge in [-0.15, -0.1) is 10.2 Å². The highest BCUT2D eigenvalue weighted by molar-refractivity contribution is 7.99. The van der Waals surface area contributed by atoms with E-state index in [1.165, 1.54) is 11.8 Å². The van der Waals surface area contributed by atoms with E-state index in [2.05, 4.69) is 24.0 Å². The van der Waals surface area contributed by atoms with Gasteiger partial charge in [0.2, 0.25) is 11.8 Å². The van der Waals surface area contributed by atoms with Gasteiger partial charge in [0.05, 0.1) is 16.3 Å². The normalized spacial score (nSPS) is 10.8. The lowest BCUT2D eigenvalue weighted by atomic mass is 10.2. The molecule has 0 N–H and O–H groups in total. The first-order valence-electron chi connectivity index (χ1n) is 8.64. The molecule has 25 heavy (non-hydrogen) atoms. The van der Waals surface area contributed by atoms with Crippen LogP contribution in [0.1, 0.15) is 39.5 Å². The van der Waals surface area contributed by atoms with Gasteiger partial charge in [-0.1, -0.05) is 62.2 Å². The van der Waals surface area contributed by atoms with Crippen molar-refractivity contribution in [2.45, 2.75) is 44.8 Å². The van der Waals surface area contributed by atoms with E-state index in [-0.39, 0.29) is 5.91 Å². The third-order valence-corrected chi connectivity index (χ3v) is 4.88. The summed E-state index contributed by atoms with van der Waals surface area (Å²) in [5.41, 5.74) is 0.697. The summed E-state index contributed by atoms with van der Waals surface area (Å²) in [5.74, 6) is 0.788. The number of thioether (sulfide) groups is 1. The van der Waals surface area contributed by atoms with Gasteiger partial charge in [0.25, 0.3) is 5.22 Å². The maximum Gasteiger partial charge on any atom is 0.277 e. The Labute approximate surface area is 158 Å². The maximum atomic E-state index is 12.5. The number of nitrogens with zero attached hydrogens (tertiary/aromatic N) is 3. The van der Waals surface area contributed by atoms with Crippen LogP contribution in [-0.4, -0.2) is 39.8 Å². The van der Waals surface area contributed by atoms with Crippen LogP contribution in [0.3, 0.4) is 0 Å². The van der Waals surface area contributed by atoms with Crippen LogP contribution in [0.4, 0.5) is 0 Å². The van der Waals surface area contributed by atoms with E-state index in [1.54, 1.807) is 6.07 Å². The van der Waals surface area contributed by atoms with Crippen molar-refractivity contribution >= 4 is 29.3 Å². The van der Waals surface area contributed by atoms with Crippen LogP contribution in [0.25, 0.3) is 11.5 Å². The molecule has 0 spiro atoms. The molecule has 5 nitrogen and oxygen atoms in total. The predicted molar refractivity (Wildman–Crippen MR) is 102 cm³/mol. The second-order valence-electron chi connectivity index (χ2n) is 5.73. The third-order valence-electron chi connectivity index (χ3n) is 3.75.